The summed E-state index contributed by atoms with van der Waals surface area (Å²) in [4.78, 5) is 20.4. The Balaban J connectivity index is 1.51. The Kier molecular flexibility index (Phi) is 9.69. The largest absolute Gasteiger partial charge is 0.392 e. The number of nitrogens with one attached hydrogen (secondary N) is 1. The van der Waals surface area contributed by atoms with Gasteiger partial charge in [0.1, 0.15) is 0 Å². The molecule has 4 rings (SSSR count). The number of rotatable bonds is 8. The molecular weight excluding hydrogens is 557 g/mol. The van der Waals surface area contributed by atoms with Crippen LogP contribution < -0.4 is 5.32 Å². The third-order valence-electron chi connectivity index (χ3n) is 6.00. The summed E-state index contributed by atoms with van der Waals surface area (Å²) < 4.78 is 10.9. The third-order valence-corrected chi connectivity index (χ3v) is 7.48. The number of hydrogen-bond acceptors (Lipinski definition) is 7. The molecule has 0 radical (unpaired) electrons. The average molecular weight is 583 g/mol. The van der Waals surface area contributed by atoms with Crippen molar-refractivity contribution in [3.05, 3.63) is 89.2 Å². The van der Waals surface area contributed by atoms with Gasteiger partial charge in [-0.1, -0.05) is 102 Å². The van der Waals surface area contributed by atoms with Crippen LogP contribution in [0.3, 0.4) is 0 Å². The number of hydrogen-bond donors (Lipinski definition) is 2. The molecule has 4 unspecified atom stereocenters. The van der Waals surface area contributed by atoms with Crippen LogP contribution in [0, 0.1) is 5.92 Å². The molecule has 196 valence electrons. The summed E-state index contributed by atoms with van der Waals surface area (Å²) in [5.41, 5.74) is 3.52. The van der Waals surface area contributed by atoms with Gasteiger partial charge in [0, 0.05) is 36.2 Å². The molecule has 1 amide bonds. The maximum atomic E-state index is 11.8. The van der Waals surface area contributed by atoms with E-state index in [1.807, 2.05) is 48.5 Å². The molecule has 0 aliphatic carbocycles. The number of aromatic nitrogens is 2. The molecule has 0 saturated carbocycles. The Morgan fingerprint density at radius 1 is 1.00 bits per heavy atom. The zero-order valence-electron chi connectivity index (χ0n) is 19.9. The maximum absolute atomic E-state index is 11.8. The maximum Gasteiger partial charge on any atom is 0.272 e. The molecule has 1 aliphatic heterocycles. The van der Waals surface area contributed by atoms with Crippen molar-refractivity contribution in [2.45, 2.75) is 47.5 Å². The van der Waals surface area contributed by atoms with E-state index in [1.54, 1.807) is 18.5 Å². The fraction of sp³-hybridized carbons (Fsp3) is 0.346. The topological polar surface area (TPSA) is 93.6 Å². The summed E-state index contributed by atoms with van der Waals surface area (Å²) in [6, 6.07) is 17.1. The first-order chi connectivity index (χ1) is 17.7. The van der Waals surface area contributed by atoms with E-state index in [1.165, 1.54) is 11.8 Å². The molecule has 2 heterocycles. The first-order valence-electron chi connectivity index (χ1n) is 11.6. The molecule has 4 atom stereocenters. The van der Waals surface area contributed by atoms with Crippen LogP contribution in [0.25, 0.3) is 0 Å². The van der Waals surface area contributed by atoms with Crippen molar-refractivity contribution in [1.82, 2.24) is 15.3 Å². The van der Waals surface area contributed by atoms with Crippen LogP contribution in [0.15, 0.2) is 72.1 Å². The second-order valence-electron chi connectivity index (χ2n) is 8.59. The Morgan fingerprint density at radius 2 is 1.62 bits per heavy atom. The molecule has 3 aromatic rings. The van der Waals surface area contributed by atoms with Gasteiger partial charge < -0.3 is 19.9 Å². The number of ether oxygens (including phenoxy) is 2. The van der Waals surface area contributed by atoms with Crippen molar-refractivity contribution in [3.63, 3.8) is 0 Å². The predicted octanol–water partition coefficient (Wildman–Crippen LogP) is 5.54. The van der Waals surface area contributed by atoms with Crippen LogP contribution in [0.1, 0.15) is 41.6 Å². The highest BCUT2D eigenvalue weighted by atomic mass is 35.6. The fourth-order valence-electron chi connectivity index (χ4n) is 3.90. The summed E-state index contributed by atoms with van der Waals surface area (Å²) in [6.07, 6.45) is 2.46. The molecule has 0 spiro atoms. The Labute approximate surface area is 234 Å². The minimum Gasteiger partial charge on any atom is -0.392 e. The number of halogens is 3. The predicted molar refractivity (Wildman–Crippen MR) is 144 cm³/mol. The highest BCUT2D eigenvalue weighted by molar-refractivity contribution is 7.99. The lowest BCUT2D eigenvalue weighted by Crippen LogP contribution is -2.38. The molecule has 37 heavy (non-hydrogen) atoms. The van der Waals surface area contributed by atoms with E-state index in [2.05, 4.69) is 22.2 Å². The van der Waals surface area contributed by atoms with Gasteiger partial charge in [0.05, 0.1) is 18.8 Å². The lowest BCUT2D eigenvalue weighted by molar-refractivity contribution is -0.268. The van der Waals surface area contributed by atoms with Gasteiger partial charge in [-0.25, -0.2) is 9.97 Å². The van der Waals surface area contributed by atoms with Crippen LogP contribution >= 0.6 is 46.6 Å². The first-order valence-corrected chi connectivity index (χ1v) is 13.7. The standard InChI is InChI=1S/C26H26Cl3N3O4S/c1-16-21(15-37-25-30-11-2-12-31-25)35-23(36-22(16)19-7-5-18(14-33)6-8-19)20-9-3-17(4-10-20)13-32-24(34)26(27,28)29/h2-12,16,21-23,33H,13-15H2,1H3,(H,32,34). The smallest absolute Gasteiger partial charge is 0.272 e. The summed E-state index contributed by atoms with van der Waals surface area (Å²) in [5.74, 6) is 0.00776. The molecule has 0 bridgehead atoms. The quantitative estimate of drug-likeness (QED) is 0.205. The van der Waals surface area contributed by atoms with E-state index in [-0.39, 0.29) is 31.3 Å². The Bertz CT molecular complexity index is 1160. The minimum absolute atomic E-state index is 0.0160. The summed E-state index contributed by atoms with van der Waals surface area (Å²) in [7, 11) is 0. The number of carbonyl (C=O) groups excluding carboxylic acids is 1. The molecule has 1 aliphatic rings. The second-order valence-corrected chi connectivity index (χ2v) is 11.9. The van der Waals surface area contributed by atoms with Gasteiger partial charge in [0.15, 0.2) is 11.4 Å². The molecule has 11 heteroatoms. The minimum atomic E-state index is -2.01. The number of aliphatic hydroxyl groups excluding tert-OH is 1. The summed E-state index contributed by atoms with van der Waals surface area (Å²) >= 11 is 18.4. The zero-order chi connectivity index (χ0) is 26.4. The molecular formula is C26H26Cl3N3O4S. The number of benzene rings is 2. The Hall–Kier alpha value is -1.91. The average Bonchev–Trinajstić information content (AvgIpc) is 2.91. The van der Waals surface area contributed by atoms with Crippen LogP contribution in [0.4, 0.5) is 0 Å². The number of carbonyl (C=O) groups is 1. The van der Waals surface area contributed by atoms with E-state index < -0.39 is 16.0 Å². The van der Waals surface area contributed by atoms with Gasteiger partial charge in [-0.15, -0.1) is 0 Å². The molecule has 7 nitrogen and oxygen atoms in total. The van der Waals surface area contributed by atoms with Crippen molar-refractivity contribution in [2.24, 2.45) is 5.92 Å². The number of alkyl halides is 3. The second kappa shape index (κ2) is 12.8. The molecule has 1 aromatic heterocycles. The lowest BCUT2D eigenvalue weighted by Gasteiger charge is -2.41. The number of amides is 1. The highest BCUT2D eigenvalue weighted by Crippen LogP contribution is 2.42. The molecule has 1 fully saturated rings. The monoisotopic (exact) mass is 581 g/mol. The zero-order valence-corrected chi connectivity index (χ0v) is 23.0. The number of aliphatic hydroxyl groups is 1. The fourth-order valence-corrected chi connectivity index (χ4v) is 5.07. The molecule has 2 aromatic carbocycles. The van der Waals surface area contributed by atoms with Gasteiger partial charge in [-0.3, -0.25) is 4.79 Å². The van der Waals surface area contributed by atoms with Crippen molar-refractivity contribution in [3.8, 4) is 0 Å². The van der Waals surface area contributed by atoms with Gasteiger partial charge >= 0.3 is 0 Å². The van der Waals surface area contributed by atoms with Crippen LogP contribution in [0.2, 0.25) is 0 Å². The van der Waals surface area contributed by atoms with E-state index in [0.717, 1.165) is 22.3 Å². The summed E-state index contributed by atoms with van der Waals surface area (Å²) in [5, 5.41) is 12.7. The van der Waals surface area contributed by atoms with E-state index in [9.17, 15) is 9.90 Å². The summed E-state index contributed by atoms with van der Waals surface area (Å²) in [6.45, 7) is 2.30. The Morgan fingerprint density at radius 3 is 2.24 bits per heavy atom. The van der Waals surface area contributed by atoms with Crippen LogP contribution in [0.5, 0.6) is 0 Å². The van der Waals surface area contributed by atoms with Gasteiger partial charge in [-0.05, 0) is 22.8 Å². The number of thioether (sulfide) groups is 1. The lowest BCUT2D eigenvalue weighted by atomic mass is 9.91. The first kappa shape index (κ1) is 28.1. The van der Waals surface area contributed by atoms with E-state index >= 15 is 0 Å². The molecule has 1 saturated heterocycles. The highest BCUT2D eigenvalue weighted by Gasteiger charge is 2.38. The van der Waals surface area contributed by atoms with E-state index in [4.69, 9.17) is 44.3 Å². The van der Waals surface area contributed by atoms with Crippen molar-refractivity contribution < 1.29 is 19.4 Å². The van der Waals surface area contributed by atoms with Crippen molar-refractivity contribution in [2.75, 3.05) is 5.75 Å². The SMILES string of the molecule is CC1C(CSc2ncccn2)OC(c2ccc(CNC(=O)C(Cl)(Cl)Cl)cc2)OC1c1ccc(CO)cc1. The normalized spacial score (nSPS) is 22.0. The van der Waals surface area contributed by atoms with Gasteiger partial charge in [0.2, 0.25) is 0 Å². The number of nitrogens with zero attached hydrogens (tertiary/aromatic N) is 2. The van der Waals surface area contributed by atoms with Gasteiger partial charge in [0.25, 0.3) is 9.70 Å². The van der Waals surface area contributed by atoms with Crippen molar-refractivity contribution >= 4 is 52.5 Å². The molecule has 2 N–H and O–H groups in total. The van der Waals surface area contributed by atoms with Gasteiger partial charge in [-0.2, -0.15) is 0 Å². The van der Waals surface area contributed by atoms with Crippen LogP contribution in [-0.4, -0.2) is 36.6 Å². The van der Waals surface area contributed by atoms with Crippen molar-refractivity contribution in [1.29, 1.82) is 0 Å². The van der Waals surface area contributed by atoms with E-state index in [0.29, 0.717) is 10.9 Å². The van der Waals surface area contributed by atoms with Crippen LogP contribution in [-0.2, 0) is 27.4 Å². The third kappa shape index (κ3) is 7.57.